The van der Waals surface area contributed by atoms with Crippen molar-refractivity contribution >= 4 is 5.91 Å². The largest absolute Gasteiger partial charge is 0.493 e. The number of ether oxygens (including phenoxy) is 2. The summed E-state index contributed by atoms with van der Waals surface area (Å²) in [6, 6.07) is 15.2. The average molecular weight is 285 g/mol. The van der Waals surface area contributed by atoms with Gasteiger partial charge in [0.05, 0.1) is 20.1 Å². The minimum absolute atomic E-state index is 0.355. The summed E-state index contributed by atoms with van der Waals surface area (Å²) in [6.07, 6.45) is 0.561. The molecule has 2 rings (SSSR count). The number of nitrogens with two attached hydrogens (primary N) is 1. The second-order valence-corrected chi connectivity index (χ2v) is 4.76. The number of benzene rings is 2. The van der Waals surface area contributed by atoms with Gasteiger partial charge in [0.15, 0.2) is 11.5 Å². The van der Waals surface area contributed by atoms with E-state index in [4.69, 9.17) is 15.2 Å². The van der Waals surface area contributed by atoms with Gasteiger partial charge in [0.2, 0.25) is 5.91 Å². The molecule has 2 aromatic rings. The predicted molar refractivity (Wildman–Crippen MR) is 81.6 cm³/mol. The second-order valence-electron chi connectivity index (χ2n) is 4.76. The van der Waals surface area contributed by atoms with E-state index < -0.39 is 5.92 Å². The molecule has 2 aromatic carbocycles. The highest BCUT2D eigenvalue weighted by Gasteiger charge is 2.20. The molecule has 110 valence electrons. The van der Waals surface area contributed by atoms with Crippen LogP contribution in [0.5, 0.6) is 11.5 Å². The first-order valence-corrected chi connectivity index (χ1v) is 6.71. The maximum atomic E-state index is 11.8. The molecule has 0 saturated heterocycles. The number of carbonyl (C=O) groups is 1. The van der Waals surface area contributed by atoms with Crippen LogP contribution in [-0.2, 0) is 11.2 Å². The summed E-state index contributed by atoms with van der Waals surface area (Å²) < 4.78 is 10.5. The molecular weight excluding hydrogens is 266 g/mol. The van der Waals surface area contributed by atoms with Gasteiger partial charge in [0.1, 0.15) is 0 Å². The summed E-state index contributed by atoms with van der Waals surface area (Å²) in [4.78, 5) is 11.8. The third-order valence-corrected chi connectivity index (χ3v) is 3.44. The fraction of sp³-hybridized carbons (Fsp3) is 0.235. The Morgan fingerprint density at radius 3 is 2.29 bits per heavy atom. The van der Waals surface area contributed by atoms with E-state index in [9.17, 15) is 4.79 Å². The van der Waals surface area contributed by atoms with Crippen molar-refractivity contribution in [2.75, 3.05) is 14.2 Å². The van der Waals surface area contributed by atoms with Crippen LogP contribution >= 0.6 is 0 Å². The molecule has 4 heteroatoms. The van der Waals surface area contributed by atoms with Crippen molar-refractivity contribution in [1.29, 1.82) is 0 Å². The summed E-state index contributed by atoms with van der Waals surface area (Å²) in [7, 11) is 3.14. The van der Waals surface area contributed by atoms with Gasteiger partial charge in [0.25, 0.3) is 0 Å². The fourth-order valence-corrected chi connectivity index (χ4v) is 2.30. The second kappa shape index (κ2) is 6.79. The summed E-state index contributed by atoms with van der Waals surface area (Å²) in [5.74, 6) is 0.469. The van der Waals surface area contributed by atoms with Gasteiger partial charge in [-0.3, -0.25) is 4.79 Å². The zero-order chi connectivity index (χ0) is 15.2. The van der Waals surface area contributed by atoms with Gasteiger partial charge in [-0.15, -0.1) is 0 Å². The van der Waals surface area contributed by atoms with Gasteiger partial charge < -0.3 is 15.2 Å². The van der Waals surface area contributed by atoms with Gasteiger partial charge in [-0.1, -0.05) is 36.4 Å². The lowest BCUT2D eigenvalue weighted by atomic mass is 9.91. The Hall–Kier alpha value is -2.49. The van der Waals surface area contributed by atoms with Crippen molar-refractivity contribution in [3.63, 3.8) is 0 Å². The molecule has 1 amide bonds. The fourth-order valence-electron chi connectivity index (χ4n) is 2.30. The first kappa shape index (κ1) is 14.9. The van der Waals surface area contributed by atoms with E-state index in [1.54, 1.807) is 26.4 Å². The number of hydrogen-bond donors (Lipinski definition) is 1. The van der Waals surface area contributed by atoms with Crippen LogP contribution in [0.2, 0.25) is 0 Å². The first-order valence-electron chi connectivity index (χ1n) is 6.71. The molecule has 4 nitrogen and oxygen atoms in total. The minimum Gasteiger partial charge on any atom is -0.493 e. The number of rotatable bonds is 6. The van der Waals surface area contributed by atoms with Crippen LogP contribution < -0.4 is 15.2 Å². The molecule has 21 heavy (non-hydrogen) atoms. The molecule has 0 aliphatic carbocycles. The highest BCUT2D eigenvalue weighted by Crippen LogP contribution is 2.31. The van der Waals surface area contributed by atoms with Crippen molar-refractivity contribution in [1.82, 2.24) is 0 Å². The molecule has 0 saturated carbocycles. The third kappa shape index (κ3) is 3.54. The molecule has 0 aromatic heterocycles. The number of primary amides is 1. The summed E-state index contributed by atoms with van der Waals surface area (Å²) in [6.45, 7) is 0. The molecular formula is C17H19NO3. The standard InChI is InChI=1S/C17H19NO3/c1-20-15-9-8-13(11-16(15)21-2)14(17(18)19)10-12-6-4-3-5-7-12/h3-9,11,14H,10H2,1-2H3,(H2,18,19). The highest BCUT2D eigenvalue weighted by molar-refractivity contribution is 5.82. The van der Waals surface area contributed by atoms with Crippen molar-refractivity contribution in [2.24, 2.45) is 5.73 Å². The molecule has 0 aliphatic rings. The van der Waals surface area contributed by atoms with Gasteiger partial charge >= 0.3 is 0 Å². The molecule has 0 aliphatic heterocycles. The Kier molecular flexibility index (Phi) is 4.82. The van der Waals surface area contributed by atoms with Crippen LogP contribution in [0, 0.1) is 0 Å². The molecule has 1 unspecified atom stereocenters. The lowest BCUT2D eigenvalue weighted by Crippen LogP contribution is -2.23. The highest BCUT2D eigenvalue weighted by atomic mass is 16.5. The van der Waals surface area contributed by atoms with Crippen LogP contribution in [0.1, 0.15) is 17.0 Å². The van der Waals surface area contributed by atoms with Crippen molar-refractivity contribution in [2.45, 2.75) is 12.3 Å². The minimum atomic E-state index is -0.396. The van der Waals surface area contributed by atoms with E-state index in [0.717, 1.165) is 11.1 Å². The van der Waals surface area contributed by atoms with E-state index >= 15 is 0 Å². The quantitative estimate of drug-likeness (QED) is 0.887. The maximum Gasteiger partial charge on any atom is 0.225 e. The van der Waals surface area contributed by atoms with E-state index in [1.807, 2.05) is 36.4 Å². The van der Waals surface area contributed by atoms with Gasteiger partial charge in [-0.25, -0.2) is 0 Å². The van der Waals surface area contributed by atoms with Gasteiger partial charge in [0, 0.05) is 0 Å². The molecule has 0 radical (unpaired) electrons. The van der Waals surface area contributed by atoms with E-state index in [1.165, 1.54) is 0 Å². The lowest BCUT2D eigenvalue weighted by Gasteiger charge is -2.16. The zero-order valence-electron chi connectivity index (χ0n) is 12.2. The van der Waals surface area contributed by atoms with Gasteiger partial charge in [-0.05, 0) is 29.7 Å². The molecule has 0 spiro atoms. The van der Waals surface area contributed by atoms with Gasteiger partial charge in [-0.2, -0.15) is 0 Å². The van der Waals surface area contributed by atoms with Crippen molar-refractivity contribution in [3.8, 4) is 11.5 Å². The lowest BCUT2D eigenvalue weighted by molar-refractivity contribution is -0.119. The number of carbonyl (C=O) groups excluding carboxylic acids is 1. The molecule has 0 fully saturated rings. The van der Waals surface area contributed by atoms with Crippen molar-refractivity contribution < 1.29 is 14.3 Å². The molecule has 0 bridgehead atoms. The number of methoxy groups -OCH3 is 2. The van der Waals surface area contributed by atoms with E-state index in [0.29, 0.717) is 17.9 Å². The number of amides is 1. The molecule has 2 N–H and O–H groups in total. The Bertz CT molecular complexity index is 611. The predicted octanol–water partition coefficient (Wildman–Crippen LogP) is 2.52. The van der Waals surface area contributed by atoms with Crippen LogP contribution in [-0.4, -0.2) is 20.1 Å². The van der Waals surface area contributed by atoms with E-state index in [2.05, 4.69) is 0 Å². The normalized spacial score (nSPS) is 11.7. The first-order chi connectivity index (χ1) is 10.2. The smallest absolute Gasteiger partial charge is 0.225 e. The van der Waals surface area contributed by atoms with Crippen LogP contribution in [0.25, 0.3) is 0 Å². The third-order valence-electron chi connectivity index (χ3n) is 3.44. The molecule has 1 atom stereocenters. The van der Waals surface area contributed by atoms with Crippen LogP contribution in [0.15, 0.2) is 48.5 Å². The Morgan fingerprint density at radius 1 is 1.05 bits per heavy atom. The monoisotopic (exact) mass is 285 g/mol. The van der Waals surface area contributed by atoms with Crippen molar-refractivity contribution in [3.05, 3.63) is 59.7 Å². The summed E-state index contributed by atoms with van der Waals surface area (Å²) in [5.41, 5.74) is 7.46. The molecule has 0 heterocycles. The maximum absolute atomic E-state index is 11.8. The summed E-state index contributed by atoms with van der Waals surface area (Å²) in [5, 5.41) is 0. The Morgan fingerprint density at radius 2 is 1.71 bits per heavy atom. The van der Waals surface area contributed by atoms with E-state index in [-0.39, 0.29) is 5.91 Å². The number of hydrogen-bond acceptors (Lipinski definition) is 3. The Balaban J connectivity index is 2.32. The Labute approximate surface area is 124 Å². The average Bonchev–Trinajstić information content (AvgIpc) is 2.52. The topological polar surface area (TPSA) is 61.5 Å². The summed E-state index contributed by atoms with van der Waals surface area (Å²) >= 11 is 0. The zero-order valence-corrected chi connectivity index (χ0v) is 12.2. The van der Waals surface area contributed by atoms with Crippen LogP contribution in [0.3, 0.4) is 0 Å². The SMILES string of the molecule is COc1ccc(C(Cc2ccccc2)C(N)=O)cc1OC. The van der Waals surface area contributed by atoms with Crippen LogP contribution in [0.4, 0.5) is 0 Å².